The van der Waals surface area contributed by atoms with Gasteiger partial charge in [0, 0.05) is 36.3 Å². The molecule has 1 N–H and O–H groups in total. The fourth-order valence-electron chi connectivity index (χ4n) is 2.51. The normalized spacial score (nSPS) is 10.3. The van der Waals surface area contributed by atoms with E-state index in [-0.39, 0.29) is 11.8 Å². The second-order valence-electron chi connectivity index (χ2n) is 5.42. The number of carbonyl (C=O) groups is 2. The average Bonchev–Trinajstić information content (AvgIpc) is 2.59. The minimum absolute atomic E-state index is 0.0448. The van der Waals surface area contributed by atoms with Crippen molar-refractivity contribution in [1.82, 2.24) is 5.32 Å². The van der Waals surface area contributed by atoms with E-state index < -0.39 is 0 Å². The maximum atomic E-state index is 12.1. The van der Waals surface area contributed by atoms with Gasteiger partial charge in [-0.05, 0) is 42.3 Å². The Balaban J connectivity index is 2.01. The molecule has 0 atom stereocenters. The number of nitrogens with one attached hydrogen (secondary N) is 1. The van der Waals surface area contributed by atoms with Crippen LogP contribution >= 0.6 is 11.6 Å². The van der Waals surface area contributed by atoms with Gasteiger partial charge in [0.25, 0.3) is 5.91 Å². The largest absolute Gasteiger partial charge is 0.350 e. The Morgan fingerprint density at radius 3 is 2.38 bits per heavy atom. The molecule has 0 unspecified atom stereocenters. The lowest BCUT2D eigenvalue weighted by atomic mass is 10.1. The smallest absolute Gasteiger partial charge is 0.251 e. The van der Waals surface area contributed by atoms with Crippen LogP contribution < -0.4 is 10.2 Å². The first-order valence-corrected chi connectivity index (χ1v) is 8.30. The summed E-state index contributed by atoms with van der Waals surface area (Å²) in [5.41, 5.74) is 2.55. The van der Waals surface area contributed by atoms with E-state index in [0.29, 0.717) is 23.7 Å². The molecule has 0 spiro atoms. The number of rotatable bonds is 6. The summed E-state index contributed by atoms with van der Waals surface area (Å²) in [6.45, 7) is 4.39. The van der Waals surface area contributed by atoms with Gasteiger partial charge < -0.3 is 10.2 Å². The van der Waals surface area contributed by atoms with Crippen LogP contribution in [0.4, 0.5) is 5.69 Å². The molecule has 2 aromatic carbocycles. The fourth-order valence-corrected chi connectivity index (χ4v) is 2.63. The maximum Gasteiger partial charge on any atom is 0.251 e. The molecule has 2 amide bonds. The quantitative estimate of drug-likeness (QED) is 0.868. The molecular weight excluding hydrogens is 324 g/mol. The highest BCUT2D eigenvalue weighted by Gasteiger charge is 2.14. The number of nitrogens with zero attached hydrogens (tertiary/aromatic N) is 1. The van der Waals surface area contributed by atoms with Gasteiger partial charge in [-0.1, -0.05) is 36.7 Å². The van der Waals surface area contributed by atoms with Crippen molar-refractivity contribution in [3.63, 3.8) is 0 Å². The standard InChI is InChI=1S/C19H21ClN2O2/c1-3-15-6-4-5-7-18(15)22(14(2)23)13-12-21-19(24)16-8-10-17(20)11-9-16/h4-11H,3,12-13H2,1-2H3,(H,21,24). The van der Waals surface area contributed by atoms with Gasteiger partial charge in [0.05, 0.1) is 0 Å². The van der Waals surface area contributed by atoms with E-state index in [1.807, 2.05) is 24.3 Å². The number of amides is 2. The maximum absolute atomic E-state index is 12.1. The number of benzene rings is 2. The number of hydrogen-bond acceptors (Lipinski definition) is 2. The Kier molecular flexibility index (Phi) is 6.38. The van der Waals surface area contributed by atoms with Gasteiger partial charge in [0.2, 0.25) is 5.91 Å². The molecular formula is C19H21ClN2O2. The SMILES string of the molecule is CCc1ccccc1N(CCNC(=O)c1ccc(Cl)cc1)C(C)=O. The number of hydrogen-bond donors (Lipinski definition) is 1. The van der Waals surface area contributed by atoms with E-state index in [4.69, 9.17) is 11.6 Å². The molecule has 0 aliphatic heterocycles. The van der Waals surface area contributed by atoms with E-state index >= 15 is 0 Å². The molecule has 0 aromatic heterocycles. The predicted molar refractivity (Wildman–Crippen MR) is 97.6 cm³/mol. The lowest BCUT2D eigenvalue weighted by Crippen LogP contribution is -2.38. The molecule has 0 radical (unpaired) electrons. The zero-order chi connectivity index (χ0) is 17.5. The third-order valence-corrected chi connectivity index (χ3v) is 4.02. The molecule has 0 saturated carbocycles. The highest BCUT2D eigenvalue weighted by molar-refractivity contribution is 6.30. The van der Waals surface area contributed by atoms with Gasteiger partial charge in [-0.2, -0.15) is 0 Å². The monoisotopic (exact) mass is 344 g/mol. The predicted octanol–water partition coefficient (Wildman–Crippen LogP) is 3.69. The van der Waals surface area contributed by atoms with Crippen LogP contribution in [0.15, 0.2) is 48.5 Å². The highest BCUT2D eigenvalue weighted by Crippen LogP contribution is 2.20. The third-order valence-electron chi connectivity index (χ3n) is 3.77. The second kappa shape index (κ2) is 8.50. The van der Waals surface area contributed by atoms with Crippen molar-refractivity contribution in [1.29, 1.82) is 0 Å². The molecule has 24 heavy (non-hydrogen) atoms. The average molecular weight is 345 g/mol. The van der Waals surface area contributed by atoms with Gasteiger partial charge in [-0.3, -0.25) is 9.59 Å². The Morgan fingerprint density at radius 2 is 1.75 bits per heavy atom. The topological polar surface area (TPSA) is 49.4 Å². The minimum Gasteiger partial charge on any atom is -0.350 e. The van der Waals surface area contributed by atoms with Crippen molar-refractivity contribution in [2.45, 2.75) is 20.3 Å². The molecule has 0 aliphatic carbocycles. The number of halogens is 1. The summed E-state index contributed by atoms with van der Waals surface area (Å²) < 4.78 is 0. The van der Waals surface area contributed by atoms with E-state index in [9.17, 15) is 9.59 Å². The summed E-state index contributed by atoms with van der Waals surface area (Å²) in [4.78, 5) is 25.8. The van der Waals surface area contributed by atoms with Crippen LogP contribution in [0.5, 0.6) is 0 Å². The Labute approximate surface area is 147 Å². The summed E-state index contributed by atoms with van der Waals surface area (Å²) in [5.74, 6) is -0.226. The lowest BCUT2D eigenvalue weighted by molar-refractivity contribution is -0.116. The molecule has 126 valence electrons. The van der Waals surface area contributed by atoms with E-state index in [2.05, 4.69) is 12.2 Å². The van der Waals surface area contributed by atoms with Crippen molar-refractivity contribution >= 4 is 29.1 Å². The fraction of sp³-hybridized carbons (Fsp3) is 0.263. The van der Waals surface area contributed by atoms with E-state index in [1.165, 1.54) is 6.92 Å². The number of para-hydroxylation sites is 1. The second-order valence-corrected chi connectivity index (χ2v) is 5.85. The van der Waals surface area contributed by atoms with Crippen molar-refractivity contribution in [3.8, 4) is 0 Å². The third kappa shape index (κ3) is 4.59. The first-order valence-electron chi connectivity index (χ1n) is 7.92. The molecule has 0 fully saturated rings. The molecule has 2 rings (SSSR count). The summed E-state index contributed by atoms with van der Waals surface area (Å²) in [5, 5.41) is 3.42. The molecule has 5 heteroatoms. The molecule has 0 heterocycles. The molecule has 0 bridgehead atoms. The number of carbonyl (C=O) groups excluding carboxylic acids is 2. The Hall–Kier alpha value is -2.33. The lowest BCUT2D eigenvalue weighted by Gasteiger charge is -2.24. The summed E-state index contributed by atoms with van der Waals surface area (Å²) >= 11 is 5.82. The van der Waals surface area contributed by atoms with E-state index in [1.54, 1.807) is 29.2 Å². The van der Waals surface area contributed by atoms with Gasteiger partial charge in [-0.15, -0.1) is 0 Å². The van der Waals surface area contributed by atoms with Crippen LogP contribution in [-0.2, 0) is 11.2 Å². The summed E-state index contributed by atoms with van der Waals surface area (Å²) in [7, 11) is 0. The first kappa shape index (κ1) is 18.0. The van der Waals surface area contributed by atoms with Gasteiger partial charge in [0.1, 0.15) is 0 Å². The minimum atomic E-state index is -0.182. The number of anilines is 1. The highest BCUT2D eigenvalue weighted by atomic mass is 35.5. The van der Waals surface area contributed by atoms with Gasteiger partial charge in [0.15, 0.2) is 0 Å². The van der Waals surface area contributed by atoms with Crippen molar-refractivity contribution < 1.29 is 9.59 Å². The zero-order valence-electron chi connectivity index (χ0n) is 13.9. The van der Waals surface area contributed by atoms with Crippen molar-refractivity contribution in [3.05, 3.63) is 64.7 Å². The molecule has 0 saturated heterocycles. The van der Waals surface area contributed by atoms with Crippen LogP contribution in [-0.4, -0.2) is 24.9 Å². The molecule has 4 nitrogen and oxygen atoms in total. The van der Waals surface area contributed by atoms with Crippen molar-refractivity contribution in [2.24, 2.45) is 0 Å². The van der Waals surface area contributed by atoms with Crippen LogP contribution in [0.2, 0.25) is 5.02 Å². The van der Waals surface area contributed by atoms with Gasteiger partial charge >= 0.3 is 0 Å². The van der Waals surface area contributed by atoms with Crippen LogP contribution in [0.1, 0.15) is 29.8 Å². The van der Waals surface area contributed by atoms with Crippen LogP contribution in [0.25, 0.3) is 0 Å². The molecule has 0 aliphatic rings. The zero-order valence-corrected chi connectivity index (χ0v) is 14.6. The summed E-state index contributed by atoms with van der Waals surface area (Å²) in [6, 6.07) is 14.5. The van der Waals surface area contributed by atoms with Crippen LogP contribution in [0.3, 0.4) is 0 Å². The summed E-state index contributed by atoms with van der Waals surface area (Å²) in [6.07, 6.45) is 0.844. The van der Waals surface area contributed by atoms with Crippen LogP contribution in [0, 0.1) is 0 Å². The Bertz CT molecular complexity index is 714. The first-order chi connectivity index (χ1) is 11.5. The number of aryl methyl sites for hydroxylation is 1. The molecule has 2 aromatic rings. The van der Waals surface area contributed by atoms with Gasteiger partial charge in [-0.25, -0.2) is 0 Å². The van der Waals surface area contributed by atoms with E-state index in [0.717, 1.165) is 17.7 Å². The Morgan fingerprint density at radius 1 is 1.08 bits per heavy atom. The van der Waals surface area contributed by atoms with Crippen molar-refractivity contribution in [2.75, 3.05) is 18.0 Å².